The number of amides is 1. The van der Waals surface area contributed by atoms with Crippen molar-refractivity contribution in [3.8, 4) is 0 Å². The minimum Gasteiger partial charge on any atom is -0.426 e. The van der Waals surface area contributed by atoms with Gasteiger partial charge >= 0.3 is 7.12 Å². The molecule has 0 spiro atoms. The van der Waals surface area contributed by atoms with Crippen LogP contribution in [0.2, 0.25) is 0 Å². The number of nitrogens with one attached hydrogen (secondary N) is 1. The van der Waals surface area contributed by atoms with Crippen molar-refractivity contribution in [3.63, 3.8) is 0 Å². The van der Waals surface area contributed by atoms with E-state index in [0.29, 0.717) is 13.0 Å². The molecule has 2 heterocycles. The van der Waals surface area contributed by atoms with Crippen molar-refractivity contribution < 1.29 is 19.6 Å². The van der Waals surface area contributed by atoms with Gasteiger partial charge in [0.05, 0.1) is 12.0 Å². The smallest absolute Gasteiger partial charge is 0.426 e. The third-order valence-electron chi connectivity index (χ3n) is 3.42. The molecule has 6 nitrogen and oxygen atoms in total. The molecule has 0 aromatic carbocycles. The van der Waals surface area contributed by atoms with E-state index in [9.17, 15) is 4.79 Å². The van der Waals surface area contributed by atoms with Crippen molar-refractivity contribution in [2.75, 3.05) is 26.2 Å². The maximum absolute atomic E-state index is 11.9. The summed E-state index contributed by atoms with van der Waals surface area (Å²) in [6.45, 7) is 2.35. The van der Waals surface area contributed by atoms with E-state index in [-0.39, 0.29) is 18.6 Å². The summed E-state index contributed by atoms with van der Waals surface area (Å²) < 4.78 is 5.49. The third kappa shape index (κ3) is 3.19. The Labute approximate surface area is 101 Å². The van der Waals surface area contributed by atoms with E-state index < -0.39 is 13.1 Å². The molecule has 0 aliphatic carbocycles. The van der Waals surface area contributed by atoms with Crippen molar-refractivity contribution in [1.29, 1.82) is 0 Å². The fourth-order valence-corrected chi connectivity index (χ4v) is 2.45. The molecule has 0 aromatic heterocycles. The summed E-state index contributed by atoms with van der Waals surface area (Å²) >= 11 is 0. The number of likely N-dealkylation sites (tertiary alicyclic amines) is 1. The van der Waals surface area contributed by atoms with Gasteiger partial charge < -0.3 is 25.0 Å². The van der Waals surface area contributed by atoms with Gasteiger partial charge in [0.25, 0.3) is 0 Å². The first-order valence-electron chi connectivity index (χ1n) is 6.16. The molecule has 2 rings (SSSR count). The van der Waals surface area contributed by atoms with Crippen LogP contribution in [-0.2, 0) is 9.53 Å². The lowest BCUT2D eigenvalue weighted by atomic mass is 9.78. The third-order valence-corrected chi connectivity index (χ3v) is 3.42. The second kappa shape index (κ2) is 5.81. The maximum atomic E-state index is 11.9. The van der Waals surface area contributed by atoms with Crippen molar-refractivity contribution in [3.05, 3.63) is 0 Å². The molecule has 0 unspecified atom stereocenters. The highest BCUT2D eigenvalue weighted by atomic mass is 16.5. The Bertz CT molecular complexity index is 271. The normalized spacial score (nSPS) is 28.7. The fraction of sp³-hybridized carbons (Fsp3) is 0.900. The number of carbonyl (C=O) groups is 1. The number of rotatable bonds is 4. The van der Waals surface area contributed by atoms with Crippen LogP contribution in [-0.4, -0.2) is 66.3 Å². The SMILES string of the molecule is O=C(CO[C@H]1CCNC1)N1CCC[C@H]1B(O)O. The maximum Gasteiger partial charge on any atom is 0.475 e. The lowest BCUT2D eigenvalue weighted by Crippen LogP contribution is -2.47. The molecule has 0 aromatic rings. The van der Waals surface area contributed by atoms with Gasteiger partial charge in [-0.05, 0) is 25.8 Å². The van der Waals surface area contributed by atoms with Crippen molar-refractivity contribution in [1.82, 2.24) is 10.2 Å². The highest BCUT2D eigenvalue weighted by Crippen LogP contribution is 2.18. The van der Waals surface area contributed by atoms with Gasteiger partial charge in [-0.15, -0.1) is 0 Å². The Morgan fingerprint density at radius 1 is 1.47 bits per heavy atom. The van der Waals surface area contributed by atoms with Crippen molar-refractivity contribution in [2.45, 2.75) is 31.3 Å². The summed E-state index contributed by atoms with van der Waals surface area (Å²) in [6.07, 6.45) is 2.51. The van der Waals surface area contributed by atoms with Crippen LogP contribution in [0.15, 0.2) is 0 Å². The summed E-state index contributed by atoms with van der Waals surface area (Å²) in [5.41, 5.74) is 0. The van der Waals surface area contributed by atoms with Gasteiger partial charge in [0, 0.05) is 13.1 Å². The van der Waals surface area contributed by atoms with Crippen LogP contribution in [0.3, 0.4) is 0 Å². The monoisotopic (exact) mass is 242 g/mol. The van der Waals surface area contributed by atoms with E-state index in [0.717, 1.165) is 25.9 Å². The zero-order valence-electron chi connectivity index (χ0n) is 9.84. The summed E-state index contributed by atoms with van der Waals surface area (Å²) in [5.74, 6) is -0.611. The van der Waals surface area contributed by atoms with E-state index in [1.165, 1.54) is 4.90 Å². The summed E-state index contributed by atoms with van der Waals surface area (Å²) in [5, 5.41) is 21.5. The van der Waals surface area contributed by atoms with Crippen LogP contribution >= 0.6 is 0 Å². The van der Waals surface area contributed by atoms with Crippen molar-refractivity contribution >= 4 is 13.0 Å². The lowest BCUT2D eigenvalue weighted by Gasteiger charge is -2.24. The molecule has 17 heavy (non-hydrogen) atoms. The molecule has 3 N–H and O–H groups in total. The fourth-order valence-electron chi connectivity index (χ4n) is 2.45. The Kier molecular flexibility index (Phi) is 4.39. The van der Waals surface area contributed by atoms with Gasteiger partial charge in [-0.1, -0.05) is 0 Å². The van der Waals surface area contributed by atoms with Gasteiger partial charge in [-0.3, -0.25) is 4.79 Å². The number of ether oxygens (including phenoxy) is 1. The van der Waals surface area contributed by atoms with Crippen LogP contribution in [0.4, 0.5) is 0 Å². The zero-order valence-corrected chi connectivity index (χ0v) is 9.84. The van der Waals surface area contributed by atoms with Gasteiger partial charge in [0.1, 0.15) is 6.61 Å². The number of hydrogen-bond acceptors (Lipinski definition) is 5. The van der Waals surface area contributed by atoms with E-state index in [1.54, 1.807) is 0 Å². The average molecular weight is 242 g/mol. The number of hydrogen-bond donors (Lipinski definition) is 3. The largest absolute Gasteiger partial charge is 0.475 e. The first kappa shape index (κ1) is 12.8. The molecular formula is C10H19BN2O4. The van der Waals surface area contributed by atoms with Crippen LogP contribution in [0.25, 0.3) is 0 Å². The Balaban J connectivity index is 1.78. The van der Waals surface area contributed by atoms with E-state index in [2.05, 4.69) is 5.32 Å². The van der Waals surface area contributed by atoms with E-state index >= 15 is 0 Å². The lowest BCUT2D eigenvalue weighted by molar-refractivity contribution is -0.137. The molecule has 0 bridgehead atoms. The topological polar surface area (TPSA) is 82.0 Å². The van der Waals surface area contributed by atoms with Gasteiger partial charge in [0.15, 0.2) is 0 Å². The van der Waals surface area contributed by atoms with Crippen LogP contribution in [0.1, 0.15) is 19.3 Å². The predicted molar refractivity (Wildman–Crippen MR) is 62.2 cm³/mol. The predicted octanol–water partition coefficient (Wildman–Crippen LogP) is -1.63. The molecule has 2 atom stereocenters. The molecule has 2 aliphatic rings. The Morgan fingerprint density at radius 3 is 2.94 bits per heavy atom. The minimum absolute atomic E-state index is 0.0373. The summed E-state index contributed by atoms with van der Waals surface area (Å²) in [6, 6.07) is 0. The molecule has 1 amide bonds. The quantitative estimate of drug-likeness (QED) is 0.515. The van der Waals surface area contributed by atoms with Gasteiger partial charge in [-0.25, -0.2) is 0 Å². The molecule has 2 aliphatic heterocycles. The average Bonchev–Trinajstić information content (AvgIpc) is 2.96. The van der Waals surface area contributed by atoms with Gasteiger partial charge in [-0.2, -0.15) is 0 Å². The second-order valence-corrected chi connectivity index (χ2v) is 4.64. The van der Waals surface area contributed by atoms with Crippen molar-refractivity contribution in [2.24, 2.45) is 0 Å². The molecule has 2 fully saturated rings. The standard InChI is InChI=1S/C10H19BN2O4/c14-10(7-17-8-3-4-12-6-8)13-5-1-2-9(13)11(15)16/h8-9,12,15-16H,1-7H2/t8-,9-/m0/s1. The highest BCUT2D eigenvalue weighted by molar-refractivity contribution is 6.43. The number of nitrogens with zero attached hydrogens (tertiary/aromatic N) is 1. The van der Waals surface area contributed by atoms with Gasteiger partial charge in [0.2, 0.25) is 5.91 Å². The Morgan fingerprint density at radius 2 is 2.29 bits per heavy atom. The molecule has 0 radical (unpaired) electrons. The van der Waals surface area contributed by atoms with E-state index in [1.807, 2.05) is 0 Å². The molecular weight excluding hydrogens is 223 g/mol. The summed E-state index contributed by atoms with van der Waals surface area (Å²) in [4.78, 5) is 13.4. The molecule has 96 valence electrons. The molecule has 0 saturated carbocycles. The Hall–Kier alpha value is -0.625. The van der Waals surface area contributed by atoms with Crippen LogP contribution in [0, 0.1) is 0 Å². The minimum atomic E-state index is -1.45. The zero-order chi connectivity index (χ0) is 12.3. The first-order chi connectivity index (χ1) is 8.18. The first-order valence-corrected chi connectivity index (χ1v) is 6.16. The summed E-state index contributed by atoms with van der Waals surface area (Å²) in [7, 11) is -1.45. The highest BCUT2D eigenvalue weighted by Gasteiger charge is 2.36. The van der Waals surface area contributed by atoms with Crippen LogP contribution < -0.4 is 5.32 Å². The second-order valence-electron chi connectivity index (χ2n) is 4.64. The molecule has 7 heteroatoms. The van der Waals surface area contributed by atoms with E-state index in [4.69, 9.17) is 14.8 Å². The molecule has 2 saturated heterocycles. The number of carbonyl (C=O) groups excluding carboxylic acids is 1. The van der Waals surface area contributed by atoms with Crippen LogP contribution in [0.5, 0.6) is 0 Å².